The van der Waals surface area contributed by atoms with Crippen molar-refractivity contribution in [3.8, 4) is 5.75 Å². The number of hydrogen-bond donors (Lipinski definition) is 1. The minimum Gasteiger partial charge on any atom is -0.483 e. The molecule has 0 radical (unpaired) electrons. The molecular formula is C36H47F2O6S2+. The Hall–Kier alpha value is -2.50. The molecule has 252 valence electrons. The fraction of sp³-hybridized carbons (Fsp3) is 0.500. The molecular weight excluding hydrogens is 631 g/mol. The van der Waals surface area contributed by atoms with Crippen molar-refractivity contribution in [3.63, 3.8) is 0 Å². The van der Waals surface area contributed by atoms with Gasteiger partial charge in [0.1, 0.15) is 5.75 Å². The quantitative estimate of drug-likeness (QED) is 0.170. The van der Waals surface area contributed by atoms with Gasteiger partial charge in [-0.3, -0.25) is 4.55 Å². The summed E-state index contributed by atoms with van der Waals surface area (Å²) in [5, 5.41) is -4.46. The van der Waals surface area contributed by atoms with E-state index in [-0.39, 0.29) is 23.4 Å². The van der Waals surface area contributed by atoms with Gasteiger partial charge in [-0.1, -0.05) is 60.6 Å². The molecule has 1 saturated heterocycles. The fourth-order valence-corrected chi connectivity index (χ4v) is 7.92. The Morgan fingerprint density at radius 1 is 0.804 bits per heavy atom. The third-order valence-corrected chi connectivity index (χ3v) is 11.7. The van der Waals surface area contributed by atoms with Crippen molar-refractivity contribution < 1.29 is 36.0 Å². The zero-order valence-corrected chi connectivity index (χ0v) is 29.7. The van der Waals surface area contributed by atoms with E-state index < -0.39 is 38.2 Å². The first-order valence-electron chi connectivity index (χ1n) is 15.7. The molecule has 1 N–H and O–H groups in total. The van der Waals surface area contributed by atoms with Gasteiger partial charge >= 0.3 is 15.4 Å². The molecule has 0 bridgehead atoms. The minimum absolute atomic E-state index is 0.0181. The highest BCUT2D eigenvalue weighted by Crippen LogP contribution is 2.41. The molecule has 4 atom stereocenters. The Labute approximate surface area is 276 Å². The molecule has 46 heavy (non-hydrogen) atoms. The first-order chi connectivity index (χ1) is 21.2. The molecule has 0 amide bonds. The van der Waals surface area contributed by atoms with E-state index in [1.807, 2.05) is 6.92 Å². The highest BCUT2D eigenvalue weighted by molar-refractivity contribution is 7.97. The van der Waals surface area contributed by atoms with Crippen LogP contribution in [0.3, 0.4) is 0 Å². The second-order valence-corrected chi connectivity index (χ2v) is 17.4. The van der Waals surface area contributed by atoms with E-state index in [0.29, 0.717) is 11.8 Å². The maximum Gasteiger partial charge on any atom is 0.405 e. The number of hydrogen-bond acceptors (Lipinski definition) is 5. The molecule has 1 heterocycles. The summed E-state index contributed by atoms with van der Waals surface area (Å²) in [6, 6.07) is 23.4. The molecule has 0 saturated carbocycles. The van der Waals surface area contributed by atoms with Gasteiger partial charge in [0, 0.05) is 12.0 Å². The monoisotopic (exact) mass is 677 g/mol. The Balaban J connectivity index is 1.70. The van der Waals surface area contributed by atoms with E-state index in [1.54, 1.807) is 12.1 Å². The second-order valence-electron chi connectivity index (χ2n) is 13.9. The van der Waals surface area contributed by atoms with E-state index in [0.717, 1.165) is 33.6 Å². The maximum absolute atomic E-state index is 14.1. The molecule has 3 aromatic carbocycles. The number of rotatable bonds is 10. The van der Waals surface area contributed by atoms with Crippen LogP contribution in [0, 0.1) is 11.8 Å². The van der Waals surface area contributed by atoms with Crippen LogP contribution in [-0.2, 0) is 41.7 Å². The lowest BCUT2D eigenvalue weighted by Gasteiger charge is -2.45. The number of ether oxygens (including phenoxy) is 3. The predicted molar refractivity (Wildman–Crippen MR) is 178 cm³/mol. The lowest BCUT2D eigenvalue weighted by molar-refractivity contribution is -0.330. The van der Waals surface area contributed by atoms with Gasteiger partial charge in [0.15, 0.2) is 26.6 Å². The van der Waals surface area contributed by atoms with E-state index in [1.165, 1.54) is 17.7 Å². The topological polar surface area (TPSA) is 82.1 Å². The van der Waals surface area contributed by atoms with Crippen molar-refractivity contribution in [2.45, 2.75) is 118 Å². The van der Waals surface area contributed by atoms with Gasteiger partial charge in [0.2, 0.25) is 0 Å². The van der Waals surface area contributed by atoms with Gasteiger partial charge in [-0.25, -0.2) is 0 Å². The van der Waals surface area contributed by atoms with Gasteiger partial charge in [-0.05, 0) is 97.3 Å². The molecule has 0 spiro atoms. The van der Waals surface area contributed by atoms with Gasteiger partial charge in [0.25, 0.3) is 0 Å². The van der Waals surface area contributed by atoms with Crippen molar-refractivity contribution in [1.82, 2.24) is 0 Å². The third kappa shape index (κ3) is 7.96. The molecule has 3 aromatic rings. The summed E-state index contributed by atoms with van der Waals surface area (Å²) in [6.45, 7) is 18.1. The van der Waals surface area contributed by atoms with Crippen LogP contribution in [0.5, 0.6) is 5.75 Å². The van der Waals surface area contributed by atoms with Crippen LogP contribution < -0.4 is 4.74 Å². The van der Waals surface area contributed by atoms with Crippen molar-refractivity contribution in [2.24, 2.45) is 11.8 Å². The number of alkyl halides is 2. The number of halogens is 2. The van der Waals surface area contributed by atoms with Gasteiger partial charge < -0.3 is 14.2 Å². The molecule has 4 unspecified atom stereocenters. The van der Waals surface area contributed by atoms with E-state index >= 15 is 0 Å². The molecule has 4 rings (SSSR count). The van der Waals surface area contributed by atoms with Crippen molar-refractivity contribution in [3.05, 3.63) is 83.9 Å². The summed E-state index contributed by atoms with van der Waals surface area (Å²) in [6.07, 6.45) is -1.10. The minimum atomic E-state index is -5.64. The zero-order chi connectivity index (χ0) is 34.2. The molecule has 10 heteroatoms. The van der Waals surface area contributed by atoms with E-state index in [2.05, 4.69) is 97.0 Å². The van der Waals surface area contributed by atoms with Gasteiger partial charge in [-0.15, -0.1) is 0 Å². The smallest absolute Gasteiger partial charge is 0.405 e. The normalized spacial score (nSPS) is 22.6. The zero-order valence-electron chi connectivity index (χ0n) is 28.1. The second kappa shape index (κ2) is 13.5. The van der Waals surface area contributed by atoms with Crippen LogP contribution in [0.4, 0.5) is 8.78 Å². The Kier molecular flexibility index (Phi) is 10.7. The third-order valence-electron chi connectivity index (χ3n) is 8.46. The van der Waals surface area contributed by atoms with E-state index in [4.69, 9.17) is 18.8 Å². The van der Waals surface area contributed by atoms with Crippen LogP contribution in [0.1, 0.15) is 79.9 Å². The summed E-state index contributed by atoms with van der Waals surface area (Å²) in [5.41, 5.74) is 2.11. The highest BCUT2D eigenvalue weighted by atomic mass is 32.2. The Bertz CT molecular complexity index is 1550. The predicted octanol–water partition coefficient (Wildman–Crippen LogP) is 8.99. The van der Waals surface area contributed by atoms with Crippen LogP contribution in [0.2, 0.25) is 0 Å². The summed E-state index contributed by atoms with van der Waals surface area (Å²) < 4.78 is 77.9. The maximum atomic E-state index is 14.1. The summed E-state index contributed by atoms with van der Waals surface area (Å²) in [7, 11) is -6.21. The van der Waals surface area contributed by atoms with Crippen LogP contribution in [0.15, 0.2) is 87.5 Å². The highest BCUT2D eigenvalue weighted by Gasteiger charge is 2.51. The lowest BCUT2D eigenvalue weighted by atomic mass is 9.87. The fourth-order valence-electron chi connectivity index (χ4n) is 5.41. The first kappa shape index (κ1) is 36.3. The SMILES string of the molecule is CC(C)C1CC(C(C)C)OC(C)(c2ccc([S+](c3ccc(OC(C)C(F)(F)S(=O)(=O)O)cc3)c3ccc(C(C)(C)C)cc3)cc2)O1. The lowest BCUT2D eigenvalue weighted by Crippen LogP contribution is -2.48. The molecule has 0 aliphatic carbocycles. The van der Waals surface area contributed by atoms with Gasteiger partial charge in [-0.2, -0.15) is 17.2 Å². The average molecular weight is 678 g/mol. The Morgan fingerprint density at radius 3 is 1.61 bits per heavy atom. The van der Waals surface area contributed by atoms with Crippen molar-refractivity contribution in [1.29, 1.82) is 0 Å². The van der Waals surface area contributed by atoms with Crippen LogP contribution >= 0.6 is 0 Å². The van der Waals surface area contributed by atoms with Crippen molar-refractivity contribution >= 4 is 21.0 Å². The summed E-state index contributed by atoms with van der Waals surface area (Å²) in [4.78, 5) is 3.01. The Morgan fingerprint density at radius 2 is 1.22 bits per heavy atom. The molecule has 0 aromatic heterocycles. The van der Waals surface area contributed by atoms with Crippen molar-refractivity contribution in [2.75, 3.05) is 0 Å². The molecule has 6 nitrogen and oxygen atoms in total. The van der Waals surface area contributed by atoms with E-state index in [9.17, 15) is 17.2 Å². The van der Waals surface area contributed by atoms with Crippen LogP contribution in [0.25, 0.3) is 0 Å². The molecule has 1 aliphatic heterocycles. The largest absolute Gasteiger partial charge is 0.483 e. The first-order valence-corrected chi connectivity index (χ1v) is 18.3. The van der Waals surface area contributed by atoms with Gasteiger partial charge in [0.05, 0.1) is 23.1 Å². The molecule has 1 aliphatic rings. The standard InChI is InChI=1S/C36H46F2O6S2/c1-23(2)32-22-33(24(3)4)44-35(9,43-32)27-12-18-30(19-13-27)45(29-16-10-26(11-17-29)34(6,7)8)31-20-14-28(15-21-31)42-25(5)36(37,38)46(39,40)41/h10-21,23-25,32-33H,22H2,1-9H3/p+1. The molecule has 1 fully saturated rings. The summed E-state index contributed by atoms with van der Waals surface area (Å²) >= 11 is 0. The van der Waals surface area contributed by atoms with Crippen LogP contribution in [-0.4, -0.2) is 36.5 Å². The number of benzene rings is 3. The average Bonchev–Trinajstić information content (AvgIpc) is 2.97. The summed E-state index contributed by atoms with van der Waals surface area (Å²) in [5.74, 6) is -0.145.